The number of hydrogen-bond donors (Lipinski definition) is 0. The lowest BCUT2D eigenvalue weighted by Crippen LogP contribution is -2.39. The van der Waals surface area contributed by atoms with Crippen molar-refractivity contribution >= 4 is 48.6 Å². The molecule has 0 unspecified atom stereocenters. The Morgan fingerprint density at radius 3 is 1.45 bits per heavy atom. The van der Waals surface area contributed by atoms with Gasteiger partial charge in [0.15, 0.2) is 0 Å². The molecule has 3 aromatic carbocycles. The molecule has 0 aliphatic heterocycles. The van der Waals surface area contributed by atoms with E-state index in [0.29, 0.717) is 5.02 Å². The van der Waals surface area contributed by atoms with Crippen LogP contribution in [0.3, 0.4) is 0 Å². The van der Waals surface area contributed by atoms with Crippen LogP contribution in [-0.4, -0.2) is 20.5 Å². The van der Waals surface area contributed by atoms with Gasteiger partial charge in [-0.3, -0.25) is 0 Å². The summed E-state index contributed by atoms with van der Waals surface area (Å²) in [5.74, 6) is 0. The first-order valence-electron chi connectivity index (χ1n) is 8.97. The van der Waals surface area contributed by atoms with E-state index in [1.165, 1.54) is 48.5 Å². The minimum Gasteiger partial charge on any atom is -0.219 e. The molecule has 0 heterocycles. The maximum absolute atomic E-state index is 13.4. The number of alkyl halides is 1. The molecule has 31 heavy (non-hydrogen) atoms. The predicted molar refractivity (Wildman–Crippen MR) is 121 cm³/mol. The number of halogens is 2. The minimum atomic E-state index is -4.72. The fourth-order valence-corrected chi connectivity index (χ4v) is 6.90. The second-order valence-corrected chi connectivity index (χ2v) is 12.6. The molecule has 0 saturated carbocycles. The van der Waals surface area contributed by atoms with E-state index in [4.69, 9.17) is 23.2 Å². The smallest absolute Gasteiger partial charge is 0.219 e. The van der Waals surface area contributed by atoms with E-state index in [0.717, 1.165) is 11.1 Å². The van der Waals surface area contributed by atoms with Crippen LogP contribution in [0.25, 0.3) is 0 Å². The first kappa shape index (κ1) is 23.4. The molecule has 162 valence electrons. The van der Waals surface area contributed by atoms with Crippen LogP contribution in [0.1, 0.15) is 11.1 Å². The number of nitrogens with zero attached hydrogens (tertiary/aromatic N) is 2. The summed E-state index contributed by atoms with van der Waals surface area (Å²) < 4.78 is 50.6. The van der Waals surface area contributed by atoms with Gasteiger partial charge in [0.2, 0.25) is 19.7 Å². The van der Waals surface area contributed by atoms with E-state index in [-0.39, 0.29) is 15.5 Å². The minimum absolute atomic E-state index is 0.188. The Morgan fingerprint density at radius 2 is 1.06 bits per heavy atom. The average molecular weight is 497 g/mol. The normalized spacial score (nSPS) is 12.9. The lowest BCUT2D eigenvalue weighted by molar-refractivity contribution is 0.566. The summed E-state index contributed by atoms with van der Waals surface area (Å²) in [6.45, 7) is 3.54. The summed E-state index contributed by atoms with van der Waals surface area (Å²) in [5, 5.41) is 7.91. The summed E-state index contributed by atoms with van der Waals surface area (Å²) >= 11 is 12.2. The molecule has 0 amide bonds. The zero-order valence-electron chi connectivity index (χ0n) is 16.5. The van der Waals surface area contributed by atoms with Crippen molar-refractivity contribution in [3.8, 4) is 0 Å². The molecule has 3 aromatic rings. The third kappa shape index (κ3) is 4.52. The molecule has 0 aliphatic rings. The average Bonchev–Trinajstić information content (AvgIpc) is 2.73. The van der Waals surface area contributed by atoms with E-state index in [9.17, 15) is 16.8 Å². The lowest BCUT2D eigenvalue weighted by Gasteiger charge is -2.22. The standard InChI is InChI=1S/C21H18Cl2N2O4S2/c1-15-3-11-19(12-4-15)30(26,27)21(23,25-24-18-9-7-17(22)8-10-18)31(28,29)20-13-5-16(2)6-14-20/h3-14H,1-2H3. The zero-order chi connectivity index (χ0) is 22.9. The number of azo groups is 1. The lowest BCUT2D eigenvalue weighted by atomic mass is 10.2. The van der Waals surface area contributed by atoms with Crippen LogP contribution in [0, 0.1) is 13.8 Å². The maximum Gasteiger partial charge on any atom is 0.362 e. The van der Waals surface area contributed by atoms with Gasteiger partial charge in [0.25, 0.3) is 0 Å². The second-order valence-electron chi connectivity index (χ2n) is 6.81. The summed E-state index contributed by atoms with van der Waals surface area (Å²) in [7, 11) is -9.44. The van der Waals surface area contributed by atoms with Gasteiger partial charge < -0.3 is 0 Å². The molecule has 0 aliphatic carbocycles. The van der Waals surface area contributed by atoms with Crippen LogP contribution in [0.2, 0.25) is 5.02 Å². The Hall–Kier alpha value is -2.26. The Morgan fingerprint density at radius 1 is 0.677 bits per heavy atom. The molecule has 0 atom stereocenters. The van der Waals surface area contributed by atoms with Gasteiger partial charge in [-0.2, -0.15) is 5.11 Å². The van der Waals surface area contributed by atoms with Crippen LogP contribution in [0.4, 0.5) is 5.69 Å². The number of benzene rings is 3. The van der Waals surface area contributed by atoms with Gasteiger partial charge in [0.1, 0.15) is 0 Å². The SMILES string of the molecule is Cc1ccc(S(=O)(=O)C(Cl)(N=Nc2ccc(Cl)cc2)S(=O)(=O)c2ccc(C)cc2)cc1. The molecule has 0 aromatic heterocycles. The molecule has 0 bridgehead atoms. The van der Waals surface area contributed by atoms with Crippen molar-refractivity contribution < 1.29 is 16.8 Å². The highest BCUT2D eigenvalue weighted by molar-refractivity contribution is 8.12. The highest BCUT2D eigenvalue weighted by Crippen LogP contribution is 2.41. The molecule has 0 saturated heterocycles. The van der Waals surface area contributed by atoms with Crippen molar-refractivity contribution in [2.24, 2.45) is 10.2 Å². The monoisotopic (exact) mass is 496 g/mol. The number of sulfone groups is 2. The van der Waals surface area contributed by atoms with Gasteiger partial charge in [-0.05, 0) is 62.4 Å². The van der Waals surface area contributed by atoms with Crippen molar-refractivity contribution in [2.45, 2.75) is 27.3 Å². The third-order valence-electron chi connectivity index (χ3n) is 4.44. The molecule has 6 nitrogen and oxygen atoms in total. The van der Waals surface area contributed by atoms with Gasteiger partial charge in [-0.1, -0.05) is 58.6 Å². The van der Waals surface area contributed by atoms with Crippen LogP contribution in [-0.2, 0) is 19.7 Å². The van der Waals surface area contributed by atoms with Crippen molar-refractivity contribution in [2.75, 3.05) is 0 Å². The van der Waals surface area contributed by atoms with Gasteiger partial charge in [-0.15, -0.1) is 5.11 Å². The maximum atomic E-state index is 13.4. The first-order chi connectivity index (χ1) is 14.5. The van der Waals surface area contributed by atoms with Crippen molar-refractivity contribution in [3.63, 3.8) is 0 Å². The van der Waals surface area contributed by atoms with Gasteiger partial charge in [-0.25, -0.2) is 16.8 Å². The summed E-state index contributed by atoms with van der Waals surface area (Å²) in [6.07, 6.45) is 0. The van der Waals surface area contributed by atoms with E-state index in [1.807, 2.05) is 0 Å². The molecular weight excluding hydrogens is 479 g/mol. The third-order valence-corrected chi connectivity index (χ3v) is 10.6. The Labute approximate surface area is 191 Å². The molecule has 0 N–H and O–H groups in total. The molecule has 3 rings (SSSR count). The Kier molecular flexibility index (Phi) is 6.57. The van der Waals surface area contributed by atoms with Crippen LogP contribution in [0.5, 0.6) is 0 Å². The predicted octanol–water partition coefficient (Wildman–Crippen LogP) is 5.84. The summed E-state index contributed by atoms with van der Waals surface area (Å²) in [4.78, 5) is -0.585. The van der Waals surface area contributed by atoms with Crippen LogP contribution < -0.4 is 0 Å². The number of rotatable bonds is 6. The summed E-state index contributed by atoms with van der Waals surface area (Å²) in [6, 6.07) is 17.2. The fourth-order valence-electron chi connectivity index (χ4n) is 2.60. The van der Waals surface area contributed by atoms with Crippen LogP contribution in [0.15, 0.2) is 92.8 Å². The second kappa shape index (κ2) is 8.70. The van der Waals surface area contributed by atoms with Gasteiger partial charge in [0.05, 0.1) is 15.5 Å². The summed E-state index contributed by atoms with van der Waals surface area (Å²) in [5.41, 5.74) is 1.78. The number of hydrogen-bond acceptors (Lipinski definition) is 6. The molecular formula is C21H18Cl2N2O4S2. The largest absolute Gasteiger partial charge is 0.362 e. The first-order valence-corrected chi connectivity index (χ1v) is 12.7. The van der Waals surface area contributed by atoms with Crippen molar-refractivity contribution in [1.29, 1.82) is 0 Å². The van der Waals surface area contributed by atoms with Crippen LogP contribution >= 0.6 is 23.2 Å². The molecule has 0 spiro atoms. The zero-order valence-corrected chi connectivity index (χ0v) is 19.7. The van der Waals surface area contributed by atoms with Crippen molar-refractivity contribution in [1.82, 2.24) is 0 Å². The molecule has 0 fully saturated rings. The highest BCUT2D eigenvalue weighted by atomic mass is 35.5. The quantitative estimate of drug-likeness (QED) is 0.243. The van der Waals surface area contributed by atoms with E-state index in [1.54, 1.807) is 38.1 Å². The topological polar surface area (TPSA) is 93.0 Å². The molecule has 0 radical (unpaired) electrons. The number of aryl methyl sites for hydroxylation is 2. The van der Waals surface area contributed by atoms with Gasteiger partial charge >= 0.3 is 3.66 Å². The van der Waals surface area contributed by atoms with Gasteiger partial charge in [0, 0.05) is 5.02 Å². The fraction of sp³-hybridized carbons (Fsp3) is 0.143. The highest BCUT2D eigenvalue weighted by Gasteiger charge is 2.56. The van der Waals surface area contributed by atoms with E-state index < -0.39 is 23.3 Å². The molecule has 10 heteroatoms. The Bertz CT molecular complexity index is 1240. The van der Waals surface area contributed by atoms with Crippen molar-refractivity contribution in [3.05, 3.63) is 88.9 Å². The Balaban J connectivity index is 2.23. The van der Waals surface area contributed by atoms with E-state index >= 15 is 0 Å². The van der Waals surface area contributed by atoms with E-state index in [2.05, 4.69) is 10.2 Å².